The lowest BCUT2D eigenvalue weighted by Gasteiger charge is -2.26. The van der Waals surface area contributed by atoms with Crippen molar-refractivity contribution in [1.29, 1.82) is 0 Å². The molecule has 1 aliphatic heterocycles. The van der Waals surface area contributed by atoms with Gasteiger partial charge in [0.15, 0.2) is 4.96 Å². The van der Waals surface area contributed by atoms with Gasteiger partial charge in [0.1, 0.15) is 5.69 Å². The maximum Gasteiger partial charge on any atom is 0.275 e. The molecule has 1 aliphatic rings. The topological polar surface area (TPSA) is 93.0 Å². The number of carbonyl (C=O) groups is 1. The first-order valence-corrected chi connectivity index (χ1v) is 11.1. The molecule has 3 aromatic rings. The van der Waals surface area contributed by atoms with Crippen LogP contribution in [0, 0.1) is 6.92 Å². The van der Waals surface area contributed by atoms with Crippen LogP contribution in [0.3, 0.4) is 0 Å². The molecule has 3 heterocycles. The van der Waals surface area contributed by atoms with Crippen LogP contribution in [0.25, 0.3) is 4.96 Å². The molecule has 1 aromatic carbocycles. The summed E-state index contributed by atoms with van der Waals surface area (Å²) in [6, 6.07) is 4.26. The van der Waals surface area contributed by atoms with Crippen molar-refractivity contribution >= 4 is 49.5 Å². The number of carbonyl (C=O) groups excluding carboxylic acids is 1. The van der Waals surface area contributed by atoms with Crippen molar-refractivity contribution in [3.8, 4) is 0 Å². The Labute approximate surface area is 170 Å². The Bertz CT molecular complexity index is 1120. The van der Waals surface area contributed by atoms with Gasteiger partial charge in [0.25, 0.3) is 5.91 Å². The van der Waals surface area contributed by atoms with Crippen LogP contribution in [-0.4, -0.2) is 54.3 Å². The number of hydrogen-bond acceptors (Lipinski definition) is 6. The lowest BCUT2D eigenvalue weighted by atomic mass is 10.3. The summed E-state index contributed by atoms with van der Waals surface area (Å²) in [6.45, 7) is 3.24. The molecule has 0 spiro atoms. The molecule has 0 bridgehead atoms. The van der Waals surface area contributed by atoms with E-state index in [9.17, 15) is 13.2 Å². The maximum absolute atomic E-state index is 12.8. The summed E-state index contributed by atoms with van der Waals surface area (Å²) >= 11 is 7.65. The van der Waals surface area contributed by atoms with E-state index in [2.05, 4.69) is 10.3 Å². The number of sulfonamides is 1. The number of ether oxygens (including phenoxy) is 1. The van der Waals surface area contributed by atoms with Gasteiger partial charge in [-0.1, -0.05) is 11.6 Å². The number of morpholine rings is 1. The molecule has 1 amide bonds. The largest absolute Gasteiger partial charge is 0.379 e. The number of amides is 1. The summed E-state index contributed by atoms with van der Waals surface area (Å²) in [5.41, 5.74) is 0.442. The molecule has 148 valence electrons. The Morgan fingerprint density at radius 2 is 2.04 bits per heavy atom. The van der Waals surface area contributed by atoms with Crippen molar-refractivity contribution in [3.05, 3.63) is 46.2 Å². The van der Waals surface area contributed by atoms with Crippen molar-refractivity contribution in [2.45, 2.75) is 11.8 Å². The number of hydrogen-bond donors (Lipinski definition) is 1. The monoisotopic (exact) mass is 440 g/mol. The number of halogens is 1. The second-order valence-corrected chi connectivity index (χ2v) is 9.83. The Hall–Kier alpha value is -1.98. The molecule has 0 saturated carbocycles. The second-order valence-electron chi connectivity index (χ2n) is 6.27. The summed E-state index contributed by atoms with van der Waals surface area (Å²) in [4.78, 5) is 18.7. The van der Waals surface area contributed by atoms with Crippen molar-refractivity contribution < 1.29 is 17.9 Å². The number of rotatable bonds is 4. The molecule has 1 fully saturated rings. The van der Waals surface area contributed by atoms with Gasteiger partial charge in [-0.05, 0) is 25.1 Å². The average molecular weight is 441 g/mol. The quantitative estimate of drug-likeness (QED) is 0.673. The van der Waals surface area contributed by atoms with Crippen molar-refractivity contribution in [2.75, 3.05) is 31.6 Å². The van der Waals surface area contributed by atoms with Gasteiger partial charge in [-0.25, -0.2) is 13.4 Å². The molecule has 11 heteroatoms. The number of benzene rings is 1. The van der Waals surface area contributed by atoms with Crippen LogP contribution in [0.5, 0.6) is 0 Å². The predicted octanol–water partition coefficient (Wildman–Crippen LogP) is 2.63. The van der Waals surface area contributed by atoms with Crippen LogP contribution in [0.15, 0.2) is 35.5 Å². The first-order chi connectivity index (χ1) is 13.3. The fourth-order valence-corrected chi connectivity index (χ4v) is 5.31. The smallest absolute Gasteiger partial charge is 0.275 e. The standard InChI is InChI=1S/C17H17ClN4O4S2/c1-11-9-21-10-15(20-17(21)27-11)16(23)19-14-8-12(2-3-13(14)18)28(24,25)22-4-6-26-7-5-22/h2-3,8-10H,4-7H2,1H3,(H,19,23). The van der Waals surface area contributed by atoms with E-state index < -0.39 is 15.9 Å². The number of aromatic nitrogens is 2. The number of nitrogens with one attached hydrogen (secondary N) is 1. The molecule has 0 atom stereocenters. The number of fused-ring (bicyclic) bond motifs is 1. The summed E-state index contributed by atoms with van der Waals surface area (Å²) in [5.74, 6) is -0.462. The lowest BCUT2D eigenvalue weighted by Crippen LogP contribution is -2.40. The maximum atomic E-state index is 12.8. The summed E-state index contributed by atoms with van der Waals surface area (Å²) in [7, 11) is -3.69. The molecule has 1 saturated heterocycles. The minimum absolute atomic E-state index is 0.0653. The fraction of sp³-hybridized carbons (Fsp3) is 0.294. The van der Waals surface area contributed by atoms with Gasteiger partial charge in [0, 0.05) is 30.4 Å². The SMILES string of the molecule is Cc1cn2cc(C(=O)Nc3cc(S(=O)(=O)N4CCOCC4)ccc3Cl)nc2s1. The first-order valence-electron chi connectivity index (χ1n) is 8.48. The highest BCUT2D eigenvalue weighted by Gasteiger charge is 2.27. The van der Waals surface area contributed by atoms with Gasteiger partial charge in [0.05, 0.1) is 28.8 Å². The highest BCUT2D eigenvalue weighted by molar-refractivity contribution is 7.89. The zero-order valence-corrected chi connectivity index (χ0v) is 17.3. The number of aryl methyl sites for hydroxylation is 1. The fourth-order valence-electron chi connectivity index (χ4n) is 2.90. The molecular weight excluding hydrogens is 424 g/mol. The Balaban J connectivity index is 1.59. The molecular formula is C17H17ClN4O4S2. The van der Waals surface area contributed by atoms with E-state index in [1.165, 1.54) is 33.8 Å². The van der Waals surface area contributed by atoms with E-state index in [1.807, 2.05) is 13.1 Å². The van der Waals surface area contributed by atoms with Crippen molar-refractivity contribution in [2.24, 2.45) is 0 Å². The number of anilines is 1. The molecule has 28 heavy (non-hydrogen) atoms. The Kier molecular flexibility index (Phi) is 5.15. The molecule has 0 aliphatic carbocycles. The highest BCUT2D eigenvalue weighted by atomic mass is 35.5. The normalized spacial score (nSPS) is 15.8. The zero-order valence-electron chi connectivity index (χ0n) is 14.9. The average Bonchev–Trinajstić information content (AvgIpc) is 3.21. The number of imidazole rings is 1. The minimum Gasteiger partial charge on any atom is -0.379 e. The number of nitrogens with zero attached hydrogens (tertiary/aromatic N) is 3. The van der Waals surface area contributed by atoms with Crippen LogP contribution in [0.4, 0.5) is 5.69 Å². The molecule has 0 unspecified atom stereocenters. The Morgan fingerprint density at radius 3 is 2.75 bits per heavy atom. The van der Waals surface area contributed by atoms with Gasteiger partial charge < -0.3 is 10.1 Å². The summed E-state index contributed by atoms with van der Waals surface area (Å²) in [5, 5.41) is 2.90. The van der Waals surface area contributed by atoms with E-state index >= 15 is 0 Å². The van der Waals surface area contributed by atoms with Crippen LogP contribution in [-0.2, 0) is 14.8 Å². The zero-order chi connectivity index (χ0) is 19.9. The van der Waals surface area contributed by atoms with Crippen LogP contribution >= 0.6 is 22.9 Å². The van der Waals surface area contributed by atoms with Crippen molar-refractivity contribution in [1.82, 2.24) is 13.7 Å². The van der Waals surface area contributed by atoms with E-state index in [1.54, 1.807) is 10.6 Å². The van der Waals surface area contributed by atoms with E-state index in [4.69, 9.17) is 16.3 Å². The third-order valence-corrected chi connectivity index (χ3v) is 7.43. The molecule has 1 N–H and O–H groups in total. The third kappa shape index (κ3) is 3.65. The van der Waals surface area contributed by atoms with Gasteiger partial charge in [0.2, 0.25) is 10.0 Å². The summed E-state index contributed by atoms with van der Waals surface area (Å²) in [6.07, 6.45) is 3.50. The second kappa shape index (κ2) is 7.45. The molecule has 8 nitrogen and oxygen atoms in total. The van der Waals surface area contributed by atoms with E-state index in [0.29, 0.717) is 18.2 Å². The van der Waals surface area contributed by atoms with Gasteiger partial charge in [-0.3, -0.25) is 9.20 Å². The van der Waals surface area contributed by atoms with Crippen molar-refractivity contribution in [3.63, 3.8) is 0 Å². The molecule has 0 radical (unpaired) electrons. The first kappa shape index (κ1) is 19.3. The Morgan fingerprint density at radius 1 is 1.29 bits per heavy atom. The highest BCUT2D eigenvalue weighted by Crippen LogP contribution is 2.28. The van der Waals surface area contributed by atoms with E-state index in [0.717, 1.165) is 4.88 Å². The molecule has 4 rings (SSSR count). The van der Waals surface area contributed by atoms with Gasteiger partial charge >= 0.3 is 0 Å². The van der Waals surface area contributed by atoms with Gasteiger partial charge in [-0.15, -0.1) is 11.3 Å². The lowest BCUT2D eigenvalue weighted by molar-refractivity contribution is 0.0730. The van der Waals surface area contributed by atoms with Crippen LogP contribution in [0.1, 0.15) is 15.4 Å². The van der Waals surface area contributed by atoms with Crippen LogP contribution < -0.4 is 5.32 Å². The van der Waals surface area contributed by atoms with Gasteiger partial charge in [-0.2, -0.15) is 4.31 Å². The third-order valence-electron chi connectivity index (χ3n) is 4.30. The van der Waals surface area contributed by atoms with E-state index in [-0.39, 0.29) is 34.4 Å². The predicted molar refractivity (Wildman–Crippen MR) is 107 cm³/mol. The molecule has 2 aromatic heterocycles. The number of thiazole rings is 1. The summed E-state index contributed by atoms with van der Waals surface area (Å²) < 4.78 is 34.0. The minimum atomic E-state index is -3.69. The van der Waals surface area contributed by atoms with Crippen LogP contribution in [0.2, 0.25) is 5.02 Å².